The Morgan fingerprint density at radius 1 is 0.833 bits per heavy atom. The molecule has 2 N–H and O–H groups in total. The third-order valence-electron chi connectivity index (χ3n) is 4.34. The quantitative estimate of drug-likeness (QED) is 0.266. The number of anilines is 1. The fourth-order valence-corrected chi connectivity index (χ4v) is 3.20. The lowest BCUT2D eigenvalue weighted by Crippen LogP contribution is -2.22. The molecule has 0 saturated carbocycles. The lowest BCUT2D eigenvalue weighted by molar-refractivity contribution is -0.120. The van der Waals surface area contributed by atoms with Gasteiger partial charge in [-0.25, -0.2) is 5.43 Å². The number of nitrogens with zero attached hydrogens (tertiary/aromatic N) is 1. The number of hydrogen-bond donors (Lipinski definition) is 2. The Kier molecular flexibility index (Phi) is 7.73. The van der Waals surface area contributed by atoms with E-state index < -0.39 is 0 Å². The monoisotopic (exact) mass is 511 g/mol. The molecule has 6 heteroatoms. The Bertz CT molecular complexity index is 1030. The summed E-state index contributed by atoms with van der Waals surface area (Å²) in [6.45, 7) is 1.71. The minimum absolute atomic E-state index is 0.109. The van der Waals surface area contributed by atoms with Gasteiger partial charge in [-0.3, -0.25) is 9.59 Å². The van der Waals surface area contributed by atoms with E-state index in [1.54, 1.807) is 6.92 Å². The normalized spacial score (nSPS) is 11.1. The van der Waals surface area contributed by atoms with Crippen molar-refractivity contribution >= 4 is 45.8 Å². The molecule has 152 valence electrons. The van der Waals surface area contributed by atoms with Crippen molar-refractivity contribution in [2.45, 2.75) is 19.8 Å². The molecule has 0 aliphatic heterocycles. The first-order chi connectivity index (χ1) is 14.5. The number of nitrogens with one attached hydrogen (secondary N) is 2. The molecule has 0 bridgehead atoms. The van der Waals surface area contributed by atoms with Crippen LogP contribution in [0.5, 0.6) is 0 Å². The van der Waals surface area contributed by atoms with Crippen molar-refractivity contribution in [2.75, 3.05) is 5.32 Å². The summed E-state index contributed by atoms with van der Waals surface area (Å²) in [6, 6.07) is 25.5. The molecule has 0 spiro atoms. The standard InChI is InChI=1S/C24H22IN3O2/c1-17(15-23(29)26-22-13-11-21(25)12-14-22)27-28-24(30)16-18-7-9-20(10-8-18)19-5-3-2-4-6-19/h2-14H,15-16H2,1H3,(H,26,29)(H,28,30)/b27-17-. The van der Waals surface area contributed by atoms with Crippen molar-refractivity contribution in [3.05, 3.63) is 88.0 Å². The first-order valence-electron chi connectivity index (χ1n) is 9.51. The molecule has 0 aromatic heterocycles. The summed E-state index contributed by atoms with van der Waals surface area (Å²) in [5, 5.41) is 6.85. The number of hydrogen-bond acceptors (Lipinski definition) is 3. The average Bonchev–Trinajstić information content (AvgIpc) is 2.75. The Morgan fingerprint density at radius 2 is 1.47 bits per heavy atom. The van der Waals surface area contributed by atoms with Gasteiger partial charge >= 0.3 is 0 Å². The minimum atomic E-state index is -0.222. The van der Waals surface area contributed by atoms with Crippen LogP contribution < -0.4 is 10.7 Å². The molecule has 3 rings (SSSR count). The fourth-order valence-electron chi connectivity index (χ4n) is 2.84. The van der Waals surface area contributed by atoms with Gasteiger partial charge in [0.2, 0.25) is 11.8 Å². The Balaban J connectivity index is 1.47. The fraction of sp³-hybridized carbons (Fsp3) is 0.125. The summed E-state index contributed by atoms with van der Waals surface area (Å²) in [5.74, 6) is -0.400. The highest BCUT2D eigenvalue weighted by Crippen LogP contribution is 2.19. The van der Waals surface area contributed by atoms with Crippen LogP contribution in [0.25, 0.3) is 11.1 Å². The third kappa shape index (κ3) is 6.81. The van der Waals surface area contributed by atoms with E-state index in [0.717, 1.165) is 25.9 Å². The van der Waals surface area contributed by atoms with Gasteiger partial charge in [-0.15, -0.1) is 0 Å². The molecular weight excluding hydrogens is 489 g/mol. The van der Waals surface area contributed by atoms with Crippen LogP contribution in [-0.4, -0.2) is 17.5 Å². The lowest BCUT2D eigenvalue weighted by Gasteiger charge is -2.06. The zero-order valence-corrected chi connectivity index (χ0v) is 18.7. The maximum Gasteiger partial charge on any atom is 0.244 e. The summed E-state index contributed by atoms with van der Waals surface area (Å²) in [5.41, 5.74) is 6.93. The zero-order valence-electron chi connectivity index (χ0n) is 16.6. The van der Waals surface area contributed by atoms with Gasteiger partial charge in [0.05, 0.1) is 12.8 Å². The van der Waals surface area contributed by atoms with Gasteiger partial charge in [-0.2, -0.15) is 5.10 Å². The van der Waals surface area contributed by atoms with E-state index in [1.807, 2.05) is 78.9 Å². The summed E-state index contributed by atoms with van der Waals surface area (Å²) in [4.78, 5) is 24.2. The first kappa shape index (κ1) is 21.7. The van der Waals surface area contributed by atoms with Crippen molar-refractivity contribution in [3.8, 4) is 11.1 Å². The van der Waals surface area contributed by atoms with E-state index >= 15 is 0 Å². The van der Waals surface area contributed by atoms with Gasteiger partial charge in [0.25, 0.3) is 0 Å². The predicted molar refractivity (Wildman–Crippen MR) is 129 cm³/mol. The van der Waals surface area contributed by atoms with Gasteiger partial charge in [0, 0.05) is 15.0 Å². The number of rotatable bonds is 7. The second-order valence-electron chi connectivity index (χ2n) is 6.85. The highest BCUT2D eigenvalue weighted by atomic mass is 127. The number of hydrazone groups is 1. The lowest BCUT2D eigenvalue weighted by atomic mass is 10.0. The van der Waals surface area contributed by atoms with E-state index in [2.05, 4.69) is 38.4 Å². The van der Waals surface area contributed by atoms with Crippen molar-refractivity contribution in [1.82, 2.24) is 5.43 Å². The Hall–Kier alpha value is -3.00. The average molecular weight is 511 g/mol. The highest BCUT2D eigenvalue weighted by Gasteiger charge is 2.07. The van der Waals surface area contributed by atoms with E-state index in [0.29, 0.717) is 5.71 Å². The molecule has 0 saturated heterocycles. The predicted octanol–water partition coefficient (Wildman–Crippen LogP) is 5.02. The Labute approximate surface area is 189 Å². The first-order valence-corrected chi connectivity index (χ1v) is 10.6. The molecule has 0 radical (unpaired) electrons. The molecule has 0 aliphatic rings. The molecule has 30 heavy (non-hydrogen) atoms. The molecule has 3 aromatic carbocycles. The molecule has 0 unspecified atom stereocenters. The number of halogens is 1. The molecule has 5 nitrogen and oxygen atoms in total. The number of carbonyl (C=O) groups is 2. The van der Waals surface area contributed by atoms with Gasteiger partial charge in [-0.1, -0.05) is 54.6 Å². The van der Waals surface area contributed by atoms with Crippen LogP contribution >= 0.6 is 22.6 Å². The molecular formula is C24H22IN3O2. The van der Waals surface area contributed by atoms with Crippen LogP contribution in [0.2, 0.25) is 0 Å². The number of carbonyl (C=O) groups excluding carboxylic acids is 2. The summed E-state index contributed by atoms with van der Waals surface area (Å²) < 4.78 is 1.10. The second-order valence-corrected chi connectivity index (χ2v) is 8.10. The van der Waals surface area contributed by atoms with Crippen molar-refractivity contribution in [3.63, 3.8) is 0 Å². The molecule has 2 amide bonds. The van der Waals surface area contributed by atoms with Crippen molar-refractivity contribution in [1.29, 1.82) is 0 Å². The third-order valence-corrected chi connectivity index (χ3v) is 5.06. The van der Waals surface area contributed by atoms with Crippen LogP contribution in [0.4, 0.5) is 5.69 Å². The van der Waals surface area contributed by atoms with Crippen LogP contribution in [0, 0.1) is 3.57 Å². The molecule has 0 fully saturated rings. The van der Waals surface area contributed by atoms with Gasteiger partial charge in [0.15, 0.2) is 0 Å². The Morgan fingerprint density at radius 3 is 2.13 bits per heavy atom. The second kappa shape index (κ2) is 10.7. The molecule has 3 aromatic rings. The van der Waals surface area contributed by atoms with Crippen LogP contribution in [-0.2, 0) is 16.0 Å². The maximum absolute atomic E-state index is 12.2. The number of amides is 2. The highest BCUT2D eigenvalue weighted by molar-refractivity contribution is 14.1. The van der Waals surface area contributed by atoms with Crippen molar-refractivity contribution in [2.24, 2.45) is 5.10 Å². The van der Waals surface area contributed by atoms with E-state index in [1.165, 1.54) is 0 Å². The van der Waals surface area contributed by atoms with Crippen molar-refractivity contribution < 1.29 is 9.59 Å². The largest absolute Gasteiger partial charge is 0.326 e. The summed E-state index contributed by atoms with van der Waals surface area (Å²) in [6.07, 6.45) is 0.332. The maximum atomic E-state index is 12.2. The zero-order chi connectivity index (χ0) is 21.3. The van der Waals surface area contributed by atoms with Crippen LogP contribution in [0.15, 0.2) is 84.0 Å². The van der Waals surface area contributed by atoms with E-state index in [4.69, 9.17) is 0 Å². The topological polar surface area (TPSA) is 70.6 Å². The minimum Gasteiger partial charge on any atom is -0.326 e. The van der Waals surface area contributed by atoms with Gasteiger partial charge in [-0.05, 0) is 70.5 Å². The molecule has 0 heterocycles. The van der Waals surface area contributed by atoms with Gasteiger partial charge in [0.1, 0.15) is 0 Å². The van der Waals surface area contributed by atoms with Gasteiger partial charge < -0.3 is 5.32 Å². The summed E-state index contributed by atoms with van der Waals surface area (Å²) in [7, 11) is 0. The van der Waals surface area contributed by atoms with Crippen LogP contribution in [0.3, 0.4) is 0 Å². The molecule has 0 aliphatic carbocycles. The smallest absolute Gasteiger partial charge is 0.244 e. The van der Waals surface area contributed by atoms with E-state index in [-0.39, 0.29) is 24.7 Å². The van der Waals surface area contributed by atoms with E-state index in [9.17, 15) is 9.59 Å². The van der Waals surface area contributed by atoms with Crippen LogP contribution in [0.1, 0.15) is 18.9 Å². The SMILES string of the molecule is C/C(CC(=O)Nc1ccc(I)cc1)=N/NC(=O)Cc1ccc(-c2ccccc2)cc1. The number of benzene rings is 3. The summed E-state index contributed by atoms with van der Waals surface area (Å²) >= 11 is 2.21. The molecule has 0 atom stereocenters.